The van der Waals surface area contributed by atoms with Gasteiger partial charge in [-0.2, -0.15) is 0 Å². The molecule has 2 aromatic carbocycles. The molecule has 2 nitrogen and oxygen atoms in total. The Balaban J connectivity index is 2.40. The number of phenols is 1. The van der Waals surface area contributed by atoms with Crippen molar-refractivity contribution in [2.75, 3.05) is 0 Å². The Morgan fingerprint density at radius 1 is 0.944 bits per heavy atom. The van der Waals surface area contributed by atoms with E-state index in [1.807, 2.05) is 36.4 Å². The number of benzene rings is 2. The Kier molecular flexibility index (Phi) is 2.18. The second kappa shape index (κ2) is 3.52. The molecule has 92 valence electrons. The van der Waals surface area contributed by atoms with Crippen molar-refractivity contribution in [1.29, 1.82) is 0 Å². The summed E-state index contributed by atoms with van der Waals surface area (Å²) in [5.41, 5.74) is 2.50. The van der Waals surface area contributed by atoms with Crippen LogP contribution in [-0.4, -0.2) is 5.11 Å². The average molecular weight is 240 g/mol. The summed E-state index contributed by atoms with van der Waals surface area (Å²) in [7, 11) is 0. The predicted octanol–water partition coefficient (Wildman–Crippen LogP) is 4.59. The molecule has 0 bridgehead atoms. The molecule has 0 aliphatic carbocycles. The zero-order chi connectivity index (χ0) is 12.9. The number of rotatable bonds is 0. The molecule has 0 aliphatic heterocycles. The Hall–Kier alpha value is -1.96. The zero-order valence-electron chi connectivity index (χ0n) is 10.8. The maximum atomic E-state index is 10.2. The summed E-state index contributed by atoms with van der Waals surface area (Å²) in [6.07, 6.45) is 0. The van der Waals surface area contributed by atoms with Gasteiger partial charge in [-0.3, -0.25) is 0 Å². The van der Waals surface area contributed by atoms with E-state index in [-0.39, 0.29) is 5.41 Å². The lowest BCUT2D eigenvalue weighted by Crippen LogP contribution is -2.10. The van der Waals surface area contributed by atoms with Crippen LogP contribution < -0.4 is 0 Å². The summed E-state index contributed by atoms with van der Waals surface area (Å²) in [5, 5.41) is 12.2. The molecule has 0 fully saturated rings. The molecule has 1 N–H and O–H groups in total. The van der Waals surface area contributed by atoms with Gasteiger partial charge in [-0.1, -0.05) is 39.0 Å². The van der Waals surface area contributed by atoms with Gasteiger partial charge in [0.2, 0.25) is 0 Å². The summed E-state index contributed by atoms with van der Waals surface area (Å²) in [6.45, 7) is 6.24. The molecule has 1 aromatic heterocycles. The molecule has 0 atom stereocenters. The number of aromatic hydroxyl groups is 1. The van der Waals surface area contributed by atoms with E-state index in [2.05, 4.69) is 20.8 Å². The van der Waals surface area contributed by atoms with Gasteiger partial charge in [0.1, 0.15) is 16.9 Å². The van der Waals surface area contributed by atoms with Crippen molar-refractivity contribution in [2.45, 2.75) is 26.2 Å². The average Bonchev–Trinajstić information content (AvgIpc) is 2.65. The predicted molar refractivity (Wildman–Crippen MR) is 74.1 cm³/mol. The van der Waals surface area contributed by atoms with Crippen molar-refractivity contribution in [1.82, 2.24) is 0 Å². The molecule has 0 saturated heterocycles. The normalized spacial score (nSPS) is 12.4. The molecule has 2 heteroatoms. The van der Waals surface area contributed by atoms with Crippen LogP contribution in [-0.2, 0) is 5.41 Å². The van der Waals surface area contributed by atoms with Gasteiger partial charge in [-0.25, -0.2) is 0 Å². The molecule has 0 radical (unpaired) electrons. The van der Waals surface area contributed by atoms with Gasteiger partial charge in [0, 0.05) is 16.3 Å². The molecule has 0 unspecified atom stereocenters. The molecule has 0 amide bonds. The lowest BCUT2D eigenvalue weighted by molar-refractivity contribution is 0.447. The van der Waals surface area contributed by atoms with E-state index in [9.17, 15) is 5.11 Å². The lowest BCUT2D eigenvalue weighted by Gasteiger charge is -2.20. The third-order valence-corrected chi connectivity index (χ3v) is 3.30. The van der Waals surface area contributed by atoms with E-state index < -0.39 is 0 Å². The third-order valence-electron chi connectivity index (χ3n) is 3.30. The Bertz CT molecular complexity index is 730. The van der Waals surface area contributed by atoms with Crippen molar-refractivity contribution >= 4 is 21.9 Å². The first-order chi connectivity index (χ1) is 8.47. The largest absolute Gasteiger partial charge is 0.508 e. The highest BCUT2D eigenvalue weighted by atomic mass is 16.3. The molecular formula is C16H16O2. The smallest absolute Gasteiger partial charge is 0.135 e. The van der Waals surface area contributed by atoms with Gasteiger partial charge in [0.25, 0.3) is 0 Å². The first kappa shape index (κ1) is 11.1. The standard InChI is InChI=1S/C16H16O2/c1-16(2,3)12-9-15-11(8-13(12)17)10-6-4-5-7-14(10)18-15/h4-9,17H,1-3H3. The fourth-order valence-electron chi connectivity index (χ4n) is 2.36. The monoisotopic (exact) mass is 240 g/mol. The van der Waals surface area contributed by atoms with Gasteiger partial charge < -0.3 is 9.52 Å². The topological polar surface area (TPSA) is 33.4 Å². The van der Waals surface area contributed by atoms with Gasteiger partial charge in [0.15, 0.2) is 0 Å². The summed E-state index contributed by atoms with van der Waals surface area (Å²) in [6, 6.07) is 11.6. The van der Waals surface area contributed by atoms with Crippen LogP contribution in [0.4, 0.5) is 0 Å². The number of hydrogen-bond acceptors (Lipinski definition) is 2. The van der Waals surface area contributed by atoms with E-state index in [0.717, 1.165) is 27.5 Å². The fraction of sp³-hybridized carbons (Fsp3) is 0.250. The SMILES string of the molecule is CC(C)(C)c1cc2oc3ccccc3c2cc1O. The molecule has 0 aliphatic rings. The fourth-order valence-corrected chi connectivity index (χ4v) is 2.36. The van der Waals surface area contributed by atoms with Crippen LogP contribution in [0.15, 0.2) is 40.8 Å². The second-order valence-electron chi connectivity index (χ2n) is 5.71. The van der Waals surface area contributed by atoms with Gasteiger partial charge in [0.05, 0.1) is 0 Å². The number of fused-ring (bicyclic) bond motifs is 3. The molecule has 18 heavy (non-hydrogen) atoms. The van der Waals surface area contributed by atoms with Crippen LogP contribution in [0.1, 0.15) is 26.3 Å². The van der Waals surface area contributed by atoms with Crippen LogP contribution in [0.2, 0.25) is 0 Å². The molecule has 1 heterocycles. The van der Waals surface area contributed by atoms with Gasteiger partial charge in [-0.05, 0) is 23.6 Å². The Labute approximate surface area is 106 Å². The van der Waals surface area contributed by atoms with E-state index >= 15 is 0 Å². The maximum Gasteiger partial charge on any atom is 0.135 e. The van der Waals surface area contributed by atoms with Crippen molar-refractivity contribution in [2.24, 2.45) is 0 Å². The number of phenolic OH excluding ortho intramolecular Hbond substituents is 1. The van der Waals surface area contributed by atoms with Crippen molar-refractivity contribution < 1.29 is 9.52 Å². The summed E-state index contributed by atoms with van der Waals surface area (Å²) in [5.74, 6) is 0.335. The van der Waals surface area contributed by atoms with Crippen LogP contribution in [0, 0.1) is 0 Å². The molecule has 0 saturated carbocycles. The minimum absolute atomic E-state index is 0.1000. The van der Waals surface area contributed by atoms with Gasteiger partial charge in [-0.15, -0.1) is 0 Å². The van der Waals surface area contributed by atoms with Crippen molar-refractivity contribution in [3.63, 3.8) is 0 Å². The quantitative estimate of drug-likeness (QED) is 0.623. The zero-order valence-corrected chi connectivity index (χ0v) is 10.8. The molecule has 3 aromatic rings. The second-order valence-corrected chi connectivity index (χ2v) is 5.71. The Morgan fingerprint density at radius 2 is 1.67 bits per heavy atom. The first-order valence-corrected chi connectivity index (χ1v) is 6.11. The van der Waals surface area contributed by atoms with Crippen LogP contribution >= 0.6 is 0 Å². The van der Waals surface area contributed by atoms with Crippen molar-refractivity contribution in [3.8, 4) is 5.75 Å². The lowest BCUT2D eigenvalue weighted by atomic mass is 9.86. The molecule has 0 spiro atoms. The van der Waals surface area contributed by atoms with Crippen LogP contribution in [0.3, 0.4) is 0 Å². The highest BCUT2D eigenvalue weighted by molar-refractivity contribution is 6.05. The summed E-state index contributed by atoms with van der Waals surface area (Å²) < 4.78 is 5.83. The number of hydrogen-bond donors (Lipinski definition) is 1. The van der Waals surface area contributed by atoms with Crippen LogP contribution in [0.5, 0.6) is 5.75 Å². The van der Waals surface area contributed by atoms with Gasteiger partial charge >= 0.3 is 0 Å². The molecular weight excluding hydrogens is 224 g/mol. The Morgan fingerprint density at radius 3 is 2.39 bits per heavy atom. The first-order valence-electron chi connectivity index (χ1n) is 6.11. The van der Waals surface area contributed by atoms with E-state index in [0.29, 0.717) is 5.75 Å². The highest BCUT2D eigenvalue weighted by Gasteiger charge is 2.20. The number of furan rings is 1. The van der Waals surface area contributed by atoms with E-state index in [1.165, 1.54) is 0 Å². The van der Waals surface area contributed by atoms with E-state index in [4.69, 9.17) is 4.42 Å². The van der Waals surface area contributed by atoms with Crippen molar-refractivity contribution in [3.05, 3.63) is 42.0 Å². The minimum Gasteiger partial charge on any atom is -0.508 e. The number of para-hydroxylation sites is 1. The third kappa shape index (κ3) is 1.57. The summed E-state index contributed by atoms with van der Waals surface area (Å²) >= 11 is 0. The summed E-state index contributed by atoms with van der Waals surface area (Å²) in [4.78, 5) is 0. The minimum atomic E-state index is -0.1000. The van der Waals surface area contributed by atoms with E-state index in [1.54, 1.807) is 0 Å². The molecule has 3 rings (SSSR count). The maximum absolute atomic E-state index is 10.2. The van der Waals surface area contributed by atoms with Crippen LogP contribution in [0.25, 0.3) is 21.9 Å². The highest BCUT2D eigenvalue weighted by Crippen LogP contribution is 2.37.